The first-order valence-electron chi connectivity index (χ1n) is 7.06. The zero-order valence-electron chi connectivity index (χ0n) is 13.1. The molecule has 0 atom stereocenters. The van der Waals surface area contributed by atoms with Crippen LogP contribution < -0.4 is 15.4 Å². The molecule has 0 aromatic carbocycles. The van der Waals surface area contributed by atoms with Gasteiger partial charge in [0.1, 0.15) is 0 Å². The van der Waals surface area contributed by atoms with Gasteiger partial charge in [0, 0.05) is 19.6 Å². The van der Waals surface area contributed by atoms with Gasteiger partial charge in [0.25, 0.3) is 0 Å². The van der Waals surface area contributed by atoms with Crippen molar-refractivity contribution in [1.29, 1.82) is 0 Å². The monoisotopic (exact) mass is 282 g/mol. The molecule has 1 heterocycles. The minimum absolute atomic E-state index is 0.0334. The lowest BCUT2D eigenvalue weighted by atomic mass is 10.5. The van der Waals surface area contributed by atoms with Crippen LogP contribution >= 0.6 is 0 Å². The number of anilines is 2. The standard InChI is InChI=1S/C13H26N6O/c1-6-7-14-11-16-12(15-8-9-19(4)5)18-13(17-11)20-10(2)3/h10H,6-9H2,1-5H3,(H2,14,15,16,17,18). The van der Waals surface area contributed by atoms with Crippen LogP contribution in [0.3, 0.4) is 0 Å². The van der Waals surface area contributed by atoms with Crippen molar-refractivity contribution in [2.75, 3.05) is 44.4 Å². The van der Waals surface area contributed by atoms with Gasteiger partial charge in [-0.1, -0.05) is 6.92 Å². The third-order valence-corrected chi connectivity index (χ3v) is 2.33. The molecule has 0 radical (unpaired) electrons. The number of ether oxygens (including phenoxy) is 1. The highest BCUT2D eigenvalue weighted by Gasteiger charge is 2.08. The molecular formula is C13H26N6O. The lowest BCUT2D eigenvalue weighted by molar-refractivity contribution is 0.222. The third kappa shape index (κ3) is 6.51. The number of rotatable bonds is 9. The Hall–Kier alpha value is -1.63. The van der Waals surface area contributed by atoms with Crippen LogP contribution in [0, 0.1) is 0 Å². The molecule has 0 aliphatic carbocycles. The Bertz CT molecular complexity index is 396. The molecule has 7 heteroatoms. The van der Waals surface area contributed by atoms with Gasteiger partial charge in [-0.3, -0.25) is 0 Å². The largest absolute Gasteiger partial charge is 0.461 e. The van der Waals surface area contributed by atoms with E-state index in [4.69, 9.17) is 4.74 Å². The summed E-state index contributed by atoms with van der Waals surface area (Å²) < 4.78 is 5.55. The van der Waals surface area contributed by atoms with Gasteiger partial charge >= 0.3 is 6.01 Å². The molecular weight excluding hydrogens is 256 g/mol. The van der Waals surface area contributed by atoms with Gasteiger partial charge in [-0.2, -0.15) is 15.0 Å². The van der Waals surface area contributed by atoms with E-state index in [-0.39, 0.29) is 6.10 Å². The molecule has 0 fully saturated rings. The zero-order valence-corrected chi connectivity index (χ0v) is 13.1. The maximum absolute atomic E-state index is 5.55. The second-order valence-corrected chi connectivity index (χ2v) is 5.09. The molecule has 0 bridgehead atoms. The number of nitrogens with one attached hydrogen (secondary N) is 2. The van der Waals surface area contributed by atoms with Crippen LogP contribution in [0.25, 0.3) is 0 Å². The van der Waals surface area contributed by atoms with Crippen LogP contribution in [-0.2, 0) is 0 Å². The second-order valence-electron chi connectivity index (χ2n) is 5.09. The molecule has 0 aliphatic heterocycles. The first-order valence-corrected chi connectivity index (χ1v) is 7.06. The van der Waals surface area contributed by atoms with Crippen LogP contribution in [0.2, 0.25) is 0 Å². The first kappa shape index (κ1) is 16.4. The Labute approximate surface area is 121 Å². The predicted molar refractivity (Wildman–Crippen MR) is 81.4 cm³/mol. The fourth-order valence-corrected chi connectivity index (χ4v) is 1.41. The molecule has 1 aromatic heterocycles. The van der Waals surface area contributed by atoms with Crippen molar-refractivity contribution >= 4 is 11.9 Å². The Morgan fingerprint density at radius 3 is 2.15 bits per heavy atom. The normalized spacial score (nSPS) is 10.9. The van der Waals surface area contributed by atoms with Crippen LogP contribution in [0.4, 0.5) is 11.9 Å². The minimum Gasteiger partial charge on any atom is -0.461 e. The van der Waals surface area contributed by atoms with E-state index in [1.54, 1.807) is 0 Å². The van der Waals surface area contributed by atoms with Crippen molar-refractivity contribution in [2.45, 2.75) is 33.3 Å². The van der Waals surface area contributed by atoms with Gasteiger partial charge in [0.2, 0.25) is 11.9 Å². The summed E-state index contributed by atoms with van der Waals surface area (Å²) in [6.07, 6.45) is 1.04. The third-order valence-electron chi connectivity index (χ3n) is 2.33. The van der Waals surface area contributed by atoms with Crippen LogP contribution in [0.5, 0.6) is 6.01 Å². The molecule has 20 heavy (non-hydrogen) atoms. The van der Waals surface area contributed by atoms with E-state index in [9.17, 15) is 0 Å². The molecule has 0 saturated carbocycles. The highest BCUT2D eigenvalue weighted by Crippen LogP contribution is 2.12. The molecule has 1 rings (SSSR count). The molecule has 1 aromatic rings. The lowest BCUT2D eigenvalue weighted by Gasteiger charge is -2.13. The predicted octanol–water partition coefficient (Wildman–Crippen LogP) is 1.45. The SMILES string of the molecule is CCCNc1nc(NCCN(C)C)nc(OC(C)C)n1. The maximum atomic E-state index is 5.55. The summed E-state index contributed by atoms with van der Waals surface area (Å²) in [5, 5.41) is 6.34. The second kappa shape index (κ2) is 8.52. The van der Waals surface area contributed by atoms with E-state index < -0.39 is 0 Å². The van der Waals surface area contributed by atoms with Gasteiger partial charge in [-0.25, -0.2) is 0 Å². The minimum atomic E-state index is 0.0334. The lowest BCUT2D eigenvalue weighted by Crippen LogP contribution is -2.22. The average Bonchev–Trinajstić information content (AvgIpc) is 2.35. The van der Waals surface area contributed by atoms with E-state index in [0.717, 1.165) is 26.1 Å². The van der Waals surface area contributed by atoms with Crippen molar-refractivity contribution in [3.05, 3.63) is 0 Å². The van der Waals surface area contributed by atoms with Crippen molar-refractivity contribution in [1.82, 2.24) is 19.9 Å². The number of hydrogen-bond donors (Lipinski definition) is 2. The Morgan fingerprint density at radius 2 is 1.65 bits per heavy atom. The van der Waals surface area contributed by atoms with Gasteiger partial charge in [-0.15, -0.1) is 0 Å². The summed E-state index contributed by atoms with van der Waals surface area (Å²) in [5.41, 5.74) is 0. The van der Waals surface area contributed by atoms with Gasteiger partial charge in [0.15, 0.2) is 0 Å². The Morgan fingerprint density at radius 1 is 1.05 bits per heavy atom. The van der Waals surface area contributed by atoms with Gasteiger partial charge in [-0.05, 0) is 34.4 Å². The van der Waals surface area contributed by atoms with E-state index >= 15 is 0 Å². The fourth-order valence-electron chi connectivity index (χ4n) is 1.41. The van der Waals surface area contributed by atoms with E-state index in [1.807, 2.05) is 27.9 Å². The number of hydrogen-bond acceptors (Lipinski definition) is 7. The number of nitrogens with zero attached hydrogens (tertiary/aromatic N) is 4. The first-order chi connectivity index (χ1) is 9.51. The summed E-state index contributed by atoms with van der Waals surface area (Å²) in [6.45, 7) is 8.48. The van der Waals surface area contributed by atoms with Crippen LogP contribution in [0.15, 0.2) is 0 Å². The van der Waals surface area contributed by atoms with Gasteiger partial charge < -0.3 is 20.3 Å². The Balaban J connectivity index is 2.74. The molecule has 0 aliphatic rings. The summed E-state index contributed by atoms with van der Waals surface area (Å²) in [5.74, 6) is 1.08. The Kier molecular flexibility index (Phi) is 7.00. The van der Waals surface area contributed by atoms with Crippen molar-refractivity contribution < 1.29 is 4.74 Å². The summed E-state index contributed by atoms with van der Waals surface area (Å²) in [4.78, 5) is 14.9. The summed E-state index contributed by atoms with van der Waals surface area (Å²) in [6, 6.07) is 0.348. The van der Waals surface area contributed by atoms with Crippen molar-refractivity contribution in [3.8, 4) is 6.01 Å². The highest BCUT2D eigenvalue weighted by atomic mass is 16.5. The molecule has 0 amide bonds. The maximum Gasteiger partial charge on any atom is 0.323 e. The summed E-state index contributed by atoms with van der Waals surface area (Å²) >= 11 is 0. The van der Waals surface area contributed by atoms with Crippen LogP contribution in [-0.4, -0.2) is 59.7 Å². The van der Waals surface area contributed by atoms with E-state index in [1.165, 1.54) is 0 Å². The molecule has 0 unspecified atom stereocenters. The molecule has 0 saturated heterocycles. The smallest absolute Gasteiger partial charge is 0.323 e. The van der Waals surface area contributed by atoms with Crippen LogP contribution in [0.1, 0.15) is 27.2 Å². The average molecular weight is 282 g/mol. The van der Waals surface area contributed by atoms with E-state index in [2.05, 4.69) is 37.4 Å². The molecule has 2 N–H and O–H groups in total. The van der Waals surface area contributed by atoms with Crippen molar-refractivity contribution in [2.24, 2.45) is 0 Å². The highest BCUT2D eigenvalue weighted by molar-refractivity contribution is 5.35. The molecule has 0 spiro atoms. The molecule has 7 nitrogen and oxygen atoms in total. The topological polar surface area (TPSA) is 75.2 Å². The number of likely N-dealkylation sites (N-methyl/N-ethyl adjacent to an activating group) is 1. The summed E-state index contributed by atoms with van der Waals surface area (Å²) in [7, 11) is 4.05. The fraction of sp³-hybridized carbons (Fsp3) is 0.769. The quantitative estimate of drug-likeness (QED) is 0.710. The van der Waals surface area contributed by atoms with E-state index in [0.29, 0.717) is 17.9 Å². The van der Waals surface area contributed by atoms with Crippen molar-refractivity contribution in [3.63, 3.8) is 0 Å². The van der Waals surface area contributed by atoms with Gasteiger partial charge in [0.05, 0.1) is 6.10 Å². The number of aromatic nitrogens is 3. The molecule has 114 valence electrons. The zero-order chi connectivity index (χ0) is 15.0.